The maximum absolute atomic E-state index is 5.87. The largest absolute Gasteiger partial charge is 0.307 e. The van der Waals surface area contributed by atoms with Gasteiger partial charge >= 0.3 is 0 Å². The molecule has 2 rings (SSSR count). The average Bonchev–Trinajstić information content (AvgIpc) is 2.88. The molecule has 86 valence electrons. The van der Waals surface area contributed by atoms with Gasteiger partial charge in [-0.15, -0.1) is 22.7 Å². The van der Waals surface area contributed by atoms with Crippen LogP contribution in [-0.2, 0) is 19.5 Å². The SMILES string of the molecule is CCc1ccc(CNCc2ccc(Cl)s2)s1. The predicted molar refractivity (Wildman–Crippen MR) is 73.6 cm³/mol. The summed E-state index contributed by atoms with van der Waals surface area (Å²) in [6, 6.07) is 8.44. The molecular formula is C12H14ClNS2. The fourth-order valence-corrected chi connectivity index (χ4v) is 3.45. The zero-order valence-corrected chi connectivity index (χ0v) is 11.5. The maximum Gasteiger partial charge on any atom is 0.0931 e. The van der Waals surface area contributed by atoms with Crippen molar-refractivity contribution in [1.29, 1.82) is 0 Å². The third-order valence-corrected chi connectivity index (χ3v) is 4.75. The van der Waals surface area contributed by atoms with Crippen molar-refractivity contribution in [2.75, 3.05) is 0 Å². The van der Waals surface area contributed by atoms with E-state index in [0.717, 1.165) is 23.8 Å². The van der Waals surface area contributed by atoms with E-state index in [1.54, 1.807) is 11.3 Å². The van der Waals surface area contributed by atoms with Gasteiger partial charge in [-0.25, -0.2) is 0 Å². The van der Waals surface area contributed by atoms with E-state index < -0.39 is 0 Å². The van der Waals surface area contributed by atoms with E-state index in [0.29, 0.717) is 0 Å². The number of aryl methyl sites for hydroxylation is 1. The van der Waals surface area contributed by atoms with Crippen LogP contribution in [0.5, 0.6) is 0 Å². The minimum atomic E-state index is 0.862. The Balaban J connectivity index is 1.79. The van der Waals surface area contributed by atoms with Crippen LogP contribution in [0.4, 0.5) is 0 Å². The summed E-state index contributed by atoms with van der Waals surface area (Å²) in [5.41, 5.74) is 0. The average molecular weight is 272 g/mol. The molecule has 0 fully saturated rings. The number of thiophene rings is 2. The molecule has 0 saturated carbocycles. The Morgan fingerprint density at radius 1 is 1.00 bits per heavy atom. The molecule has 16 heavy (non-hydrogen) atoms. The molecule has 0 aromatic carbocycles. The van der Waals surface area contributed by atoms with Gasteiger partial charge in [-0.05, 0) is 30.7 Å². The number of hydrogen-bond acceptors (Lipinski definition) is 3. The standard InChI is InChI=1S/C12H14ClNS2/c1-2-9-3-4-10(15-9)7-14-8-11-5-6-12(13)16-11/h3-6,14H,2,7-8H2,1H3. The molecule has 0 bridgehead atoms. The highest BCUT2D eigenvalue weighted by Crippen LogP contribution is 2.21. The van der Waals surface area contributed by atoms with Gasteiger partial charge < -0.3 is 5.32 Å². The first-order valence-electron chi connectivity index (χ1n) is 5.30. The predicted octanol–water partition coefficient (Wildman–Crippen LogP) is 4.32. The Morgan fingerprint density at radius 2 is 1.62 bits per heavy atom. The summed E-state index contributed by atoms with van der Waals surface area (Å²) in [5.74, 6) is 0. The molecule has 2 aromatic heterocycles. The lowest BCUT2D eigenvalue weighted by Crippen LogP contribution is -2.10. The van der Waals surface area contributed by atoms with Crippen LogP contribution in [0.1, 0.15) is 21.6 Å². The molecule has 0 saturated heterocycles. The van der Waals surface area contributed by atoms with Crippen LogP contribution in [-0.4, -0.2) is 0 Å². The van der Waals surface area contributed by atoms with Gasteiger partial charge in [-0.1, -0.05) is 18.5 Å². The lowest BCUT2D eigenvalue weighted by atomic mass is 10.3. The van der Waals surface area contributed by atoms with Crippen LogP contribution in [0.25, 0.3) is 0 Å². The van der Waals surface area contributed by atoms with Crippen molar-refractivity contribution >= 4 is 34.3 Å². The van der Waals surface area contributed by atoms with Crippen LogP contribution in [0, 0.1) is 0 Å². The molecule has 0 atom stereocenters. The fraction of sp³-hybridized carbons (Fsp3) is 0.333. The summed E-state index contributed by atoms with van der Waals surface area (Å²) in [4.78, 5) is 4.15. The molecular weight excluding hydrogens is 258 g/mol. The Morgan fingerprint density at radius 3 is 2.19 bits per heavy atom. The molecule has 0 aliphatic carbocycles. The van der Waals surface area contributed by atoms with Crippen molar-refractivity contribution in [1.82, 2.24) is 5.32 Å². The summed E-state index contributed by atoms with van der Waals surface area (Å²) in [6.07, 6.45) is 1.13. The number of nitrogens with one attached hydrogen (secondary N) is 1. The summed E-state index contributed by atoms with van der Waals surface area (Å²) in [5, 5.41) is 3.43. The van der Waals surface area contributed by atoms with Gasteiger partial charge in [0.1, 0.15) is 0 Å². The lowest BCUT2D eigenvalue weighted by molar-refractivity contribution is 0.709. The number of rotatable bonds is 5. The van der Waals surface area contributed by atoms with E-state index in [-0.39, 0.29) is 0 Å². The van der Waals surface area contributed by atoms with Gasteiger partial charge in [0.2, 0.25) is 0 Å². The van der Waals surface area contributed by atoms with Gasteiger partial charge in [-0.3, -0.25) is 0 Å². The van der Waals surface area contributed by atoms with Crippen LogP contribution in [0.3, 0.4) is 0 Å². The minimum Gasteiger partial charge on any atom is -0.307 e. The number of halogens is 1. The normalized spacial score (nSPS) is 10.9. The van der Waals surface area contributed by atoms with Crippen LogP contribution < -0.4 is 5.32 Å². The van der Waals surface area contributed by atoms with Crippen molar-refractivity contribution in [2.45, 2.75) is 26.4 Å². The molecule has 1 nitrogen and oxygen atoms in total. The van der Waals surface area contributed by atoms with Gasteiger partial charge in [0.15, 0.2) is 0 Å². The summed E-state index contributed by atoms with van der Waals surface area (Å²) < 4.78 is 0.862. The Labute approximate surface area is 109 Å². The highest BCUT2D eigenvalue weighted by molar-refractivity contribution is 7.16. The van der Waals surface area contributed by atoms with E-state index in [9.17, 15) is 0 Å². The first kappa shape index (κ1) is 12.1. The first-order chi connectivity index (χ1) is 7.78. The molecule has 0 amide bonds. The van der Waals surface area contributed by atoms with Gasteiger partial charge in [0, 0.05) is 27.7 Å². The molecule has 0 spiro atoms. The highest BCUT2D eigenvalue weighted by Gasteiger charge is 2.00. The van der Waals surface area contributed by atoms with Gasteiger partial charge in [0.05, 0.1) is 4.34 Å². The summed E-state index contributed by atoms with van der Waals surface area (Å²) >= 11 is 9.40. The second kappa shape index (κ2) is 5.82. The Hall–Kier alpha value is -0.350. The zero-order valence-electron chi connectivity index (χ0n) is 9.13. The van der Waals surface area contributed by atoms with Gasteiger partial charge in [-0.2, -0.15) is 0 Å². The third kappa shape index (κ3) is 3.32. The van der Waals surface area contributed by atoms with E-state index >= 15 is 0 Å². The molecule has 0 aliphatic heterocycles. The molecule has 2 heterocycles. The third-order valence-electron chi connectivity index (χ3n) is 2.29. The van der Waals surface area contributed by atoms with Crippen molar-refractivity contribution < 1.29 is 0 Å². The maximum atomic E-state index is 5.87. The van der Waals surface area contributed by atoms with Crippen LogP contribution >= 0.6 is 34.3 Å². The van der Waals surface area contributed by atoms with Crippen molar-refractivity contribution in [3.05, 3.63) is 43.2 Å². The van der Waals surface area contributed by atoms with Crippen molar-refractivity contribution in [3.63, 3.8) is 0 Å². The molecule has 0 unspecified atom stereocenters. The molecule has 0 aliphatic rings. The molecule has 2 aromatic rings. The smallest absolute Gasteiger partial charge is 0.0931 e. The van der Waals surface area contributed by atoms with Gasteiger partial charge in [0.25, 0.3) is 0 Å². The Kier molecular flexibility index (Phi) is 4.41. The Bertz CT molecular complexity index is 447. The first-order valence-corrected chi connectivity index (χ1v) is 7.31. The van der Waals surface area contributed by atoms with E-state index in [1.165, 1.54) is 14.6 Å². The quantitative estimate of drug-likeness (QED) is 0.854. The summed E-state index contributed by atoms with van der Waals surface area (Å²) in [7, 11) is 0. The van der Waals surface area contributed by atoms with Crippen molar-refractivity contribution in [2.24, 2.45) is 0 Å². The zero-order chi connectivity index (χ0) is 11.4. The van der Waals surface area contributed by atoms with Crippen molar-refractivity contribution in [3.8, 4) is 0 Å². The number of hydrogen-bond donors (Lipinski definition) is 1. The second-order valence-corrected chi connectivity index (χ2v) is 6.58. The van der Waals surface area contributed by atoms with E-state index in [1.807, 2.05) is 17.4 Å². The highest BCUT2D eigenvalue weighted by atomic mass is 35.5. The molecule has 4 heteroatoms. The fourth-order valence-electron chi connectivity index (χ4n) is 1.46. The minimum absolute atomic E-state index is 0.862. The van der Waals surface area contributed by atoms with Crippen LogP contribution in [0.15, 0.2) is 24.3 Å². The van der Waals surface area contributed by atoms with E-state index in [2.05, 4.69) is 30.4 Å². The molecule has 0 radical (unpaired) electrons. The molecule has 1 N–H and O–H groups in total. The van der Waals surface area contributed by atoms with E-state index in [4.69, 9.17) is 11.6 Å². The topological polar surface area (TPSA) is 12.0 Å². The second-order valence-electron chi connectivity index (χ2n) is 3.53. The van der Waals surface area contributed by atoms with Crippen LogP contribution in [0.2, 0.25) is 4.34 Å². The monoisotopic (exact) mass is 271 g/mol. The summed E-state index contributed by atoms with van der Waals surface area (Å²) in [6.45, 7) is 4.04. The lowest BCUT2D eigenvalue weighted by Gasteiger charge is -1.99.